The highest BCUT2D eigenvalue weighted by Gasteiger charge is 2.23. The Morgan fingerprint density at radius 1 is 1.35 bits per heavy atom. The molecule has 1 aliphatic heterocycles. The lowest BCUT2D eigenvalue weighted by atomic mass is 10.3. The van der Waals surface area contributed by atoms with Gasteiger partial charge in [0.2, 0.25) is 5.71 Å². The van der Waals surface area contributed by atoms with Gasteiger partial charge < -0.3 is 9.73 Å². The van der Waals surface area contributed by atoms with Gasteiger partial charge in [-0.25, -0.2) is 4.98 Å². The summed E-state index contributed by atoms with van der Waals surface area (Å²) >= 11 is 0. The van der Waals surface area contributed by atoms with Crippen LogP contribution < -0.4 is 5.32 Å². The third-order valence-electron chi connectivity index (χ3n) is 3.29. The van der Waals surface area contributed by atoms with Gasteiger partial charge in [0.05, 0.1) is 18.2 Å². The lowest BCUT2D eigenvalue weighted by molar-refractivity contribution is 0.577. The monoisotopic (exact) mass is 290 g/mol. The summed E-state index contributed by atoms with van der Waals surface area (Å²) in [6.07, 6.45) is 4.30. The highest BCUT2D eigenvalue weighted by atomic mass is 32.2. The largest absolute Gasteiger partial charge is 0.446 e. The number of hydrogen-bond donors (Lipinski definition) is 1. The van der Waals surface area contributed by atoms with Crippen LogP contribution in [-0.4, -0.2) is 22.6 Å². The van der Waals surface area contributed by atoms with Crippen LogP contribution in [0.5, 0.6) is 0 Å². The number of nitrogens with zero attached hydrogens (tertiary/aromatic N) is 3. The van der Waals surface area contributed by atoms with Gasteiger partial charge in [0.15, 0.2) is 0 Å². The van der Waals surface area contributed by atoms with E-state index in [0.717, 1.165) is 15.3 Å². The maximum atomic E-state index is 12.5. The summed E-state index contributed by atoms with van der Waals surface area (Å²) in [5.41, 5.74) is 2.09. The molecule has 0 aromatic carbocycles. The third-order valence-corrected chi connectivity index (χ3v) is 4.79. The molecule has 0 saturated carbocycles. The number of rotatable bonds is 2. The van der Waals surface area contributed by atoms with Crippen molar-refractivity contribution in [2.45, 2.75) is 18.0 Å². The van der Waals surface area contributed by atoms with Gasteiger partial charge in [-0.15, -0.1) is 0 Å². The van der Waals surface area contributed by atoms with Crippen LogP contribution in [0.25, 0.3) is 11.1 Å². The van der Waals surface area contributed by atoms with Crippen molar-refractivity contribution < 1.29 is 12.8 Å². The molecule has 8 heteroatoms. The summed E-state index contributed by atoms with van der Waals surface area (Å²) in [5.74, 6) is 0. The minimum absolute atomic E-state index is 0.0977. The number of furan rings is 1. The van der Waals surface area contributed by atoms with Crippen molar-refractivity contribution in [3.8, 4) is 0 Å². The van der Waals surface area contributed by atoms with E-state index in [9.17, 15) is 8.42 Å². The molecule has 7 nitrogen and oxygen atoms in total. The van der Waals surface area contributed by atoms with E-state index in [-0.39, 0.29) is 4.90 Å². The Labute approximate surface area is 114 Å². The Kier molecular flexibility index (Phi) is 2.27. The predicted octanol–water partition coefficient (Wildman–Crippen LogP) is 0.865. The number of aromatic nitrogens is 3. The fourth-order valence-corrected chi connectivity index (χ4v) is 3.39. The second kappa shape index (κ2) is 3.90. The summed E-state index contributed by atoms with van der Waals surface area (Å²) in [6.45, 7) is 1.24. The first-order valence-electron chi connectivity index (χ1n) is 6.01. The molecule has 4 rings (SSSR count). The maximum Gasteiger partial charge on any atom is 0.284 e. The average Bonchev–Trinajstić information content (AvgIpc) is 3.12. The van der Waals surface area contributed by atoms with Gasteiger partial charge >= 0.3 is 0 Å². The van der Waals surface area contributed by atoms with Crippen molar-refractivity contribution in [1.82, 2.24) is 19.5 Å². The second-order valence-corrected chi connectivity index (χ2v) is 6.36. The van der Waals surface area contributed by atoms with Gasteiger partial charge in [-0.3, -0.25) is 0 Å². The number of fused-ring (bicyclic) bond motifs is 2. The third kappa shape index (κ3) is 1.58. The van der Waals surface area contributed by atoms with Crippen LogP contribution in [-0.2, 0) is 23.1 Å². The van der Waals surface area contributed by atoms with Crippen molar-refractivity contribution in [1.29, 1.82) is 0 Å². The number of pyridine rings is 1. The lowest BCUT2D eigenvalue weighted by Gasteiger charge is -2.04. The molecule has 3 aromatic rings. The smallest absolute Gasteiger partial charge is 0.284 e. The molecule has 0 amide bonds. The zero-order valence-electron chi connectivity index (χ0n) is 10.3. The van der Waals surface area contributed by atoms with E-state index < -0.39 is 10.0 Å². The minimum Gasteiger partial charge on any atom is -0.446 e. The number of hydrogen-bond acceptors (Lipinski definition) is 6. The molecule has 20 heavy (non-hydrogen) atoms. The summed E-state index contributed by atoms with van der Waals surface area (Å²) in [5, 5.41) is 7.88. The molecule has 0 unspecified atom stereocenters. The molecule has 102 valence electrons. The highest BCUT2D eigenvalue weighted by Crippen LogP contribution is 2.21. The van der Waals surface area contributed by atoms with Crippen molar-refractivity contribution in [2.24, 2.45) is 0 Å². The molecule has 0 aliphatic carbocycles. The summed E-state index contributed by atoms with van der Waals surface area (Å²) < 4.78 is 31.1. The van der Waals surface area contributed by atoms with Crippen molar-refractivity contribution in [3.63, 3.8) is 0 Å². The fourth-order valence-electron chi connectivity index (χ4n) is 2.24. The van der Waals surface area contributed by atoms with Crippen molar-refractivity contribution in [3.05, 3.63) is 42.0 Å². The Balaban J connectivity index is 1.85. The van der Waals surface area contributed by atoms with E-state index in [1.807, 2.05) is 0 Å². The molecule has 1 N–H and O–H groups in total. The topological polar surface area (TPSA) is 90.0 Å². The van der Waals surface area contributed by atoms with Crippen LogP contribution in [0.4, 0.5) is 0 Å². The van der Waals surface area contributed by atoms with E-state index in [4.69, 9.17) is 4.42 Å². The SMILES string of the molecule is O=S(=O)(c1cnc2occc2c1)n1cc2c(n1)CNC2. The van der Waals surface area contributed by atoms with Crippen LogP contribution in [0.3, 0.4) is 0 Å². The van der Waals surface area contributed by atoms with E-state index in [0.29, 0.717) is 24.2 Å². The lowest BCUT2D eigenvalue weighted by Crippen LogP contribution is -2.15. The van der Waals surface area contributed by atoms with Gasteiger partial charge in [0.25, 0.3) is 10.0 Å². The van der Waals surface area contributed by atoms with Crippen LogP contribution in [0.15, 0.2) is 40.1 Å². The highest BCUT2D eigenvalue weighted by molar-refractivity contribution is 7.89. The van der Waals surface area contributed by atoms with Crippen molar-refractivity contribution >= 4 is 21.1 Å². The Hall–Kier alpha value is -2.19. The molecule has 0 saturated heterocycles. The van der Waals surface area contributed by atoms with Crippen LogP contribution in [0.1, 0.15) is 11.3 Å². The molecular weight excluding hydrogens is 280 g/mol. The minimum atomic E-state index is -3.71. The van der Waals surface area contributed by atoms with Gasteiger partial charge in [-0.05, 0) is 12.1 Å². The van der Waals surface area contributed by atoms with Crippen LogP contribution in [0.2, 0.25) is 0 Å². The first-order valence-corrected chi connectivity index (χ1v) is 7.45. The Morgan fingerprint density at radius 2 is 2.25 bits per heavy atom. The van der Waals surface area contributed by atoms with Crippen molar-refractivity contribution in [2.75, 3.05) is 0 Å². The molecule has 1 aliphatic rings. The van der Waals surface area contributed by atoms with E-state index in [1.165, 1.54) is 18.5 Å². The standard InChI is InChI=1S/C12H10N4O3S/c17-20(18,16-7-9-4-13-6-11(9)15-16)10-3-8-1-2-19-12(8)14-5-10/h1-3,5,7,13H,4,6H2. The average molecular weight is 290 g/mol. The molecule has 0 spiro atoms. The predicted molar refractivity (Wildman–Crippen MR) is 69.4 cm³/mol. The zero-order chi connectivity index (χ0) is 13.7. The molecule has 0 bridgehead atoms. The fraction of sp³-hybridized carbons (Fsp3) is 0.167. The first kappa shape index (κ1) is 11.6. The van der Waals surface area contributed by atoms with Gasteiger partial charge in [-0.2, -0.15) is 17.6 Å². The summed E-state index contributed by atoms with van der Waals surface area (Å²) in [7, 11) is -3.71. The zero-order valence-corrected chi connectivity index (χ0v) is 11.1. The quantitative estimate of drug-likeness (QED) is 0.753. The van der Waals surface area contributed by atoms with E-state index >= 15 is 0 Å². The van der Waals surface area contributed by atoms with Gasteiger partial charge in [-0.1, -0.05) is 0 Å². The van der Waals surface area contributed by atoms with Crippen LogP contribution >= 0.6 is 0 Å². The number of nitrogens with one attached hydrogen (secondary N) is 1. The molecule has 0 radical (unpaired) electrons. The molecular formula is C12H10N4O3S. The van der Waals surface area contributed by atoms with Gasteiger partial charge in [0, 0.05) is 30.2 Å². The molecule has 4 heterocycles. The molecule has 0 fully saturated rings. The van der Waals surface area contributed by atoms with Gasteiger partial charge in [0.1, 0.15) is 4.90 Å². The normalized spacial score (nSPS) is 14.8. The first-order chi connectivity index (χ1) is 9.64. The Morgan fingerprint density at radius 3 is 3.10 bits per heavy atom. The maximum absolute atomic E-state index is 12.5. The Bertz CT molecular complexity index is 888. The molecule has 0 atom stereocenters. The van der Waals surface area contributed by atoms with Crippen LogP contribution in [0, 0.1) is 0 Å². The second-order valence-electron chi connectivity index (χ2n) is 4.57. The summed E-state index contributed by atoms with van der Waals surface area (Å²) in [4.78, 5) is 4.09. The van der Waals surface area contributed by atoms with E-state index in [1.54, 1.807) is 12.3 Å². The molecule has 3 aromatic heterocycles. The summed E-state index contributed by atoms with van der Waals surface area (Å²) in [6, 6.07) is 3.21. The van der Waals surface area contributed by atoms with E-state index in [2.05, 4.69) is 15.4 Å².